The van der Waals surface area contributed by atoms with Crippen LogP contribution in [0.4, 0.5) is 0 Å². The van der Waals surface area contributed by atoms with Crippen LogP contribution in [0.1, 0.15) is 33.6 Å². The Balaban J connectivity index is 1.95. The van der Waals surface area contributed by atoms with E-state index in [0.717, 1.165) is 25.9 Å². The lowest BCUT2D eigenvalue weighted by atomic mass is 9.92. The fourth-order valence-electron chi connectivity index (χ4n) is 2.35. The highest BCUT2D eigenvalue weighted by Gasteiger charge is 2.42. The van der Waals surface area contributed by atoms with Crippen molar-refractivity contribution in [3.05, 3.63) is 0 Å². The molecule has 5 heteroatoms. The molecule has 2 aliphatic heterocycles. The van der Waals surface area contributed by atoms with E-state index in [-0.39, 0.29) is 11.6 Å². The van der Waals surface area contributed by atoms with E-state index in [4.69, 9.17) is 14.2 Å². The standard InChI is InChI=1S/C13H23NO4/c1-12(2,3)18-11(15)10-8-16-9-13(17-10)4-6-14-7-5-13/h10,14H,4-9H2,1-3H3. The molecule has 5 nitrogen and oxygen atoms in total. The third kappa shape index (κ3) is 3.43. The Hall–Kier alpha value is -0.650. The van der Waals surface area contributed by atoms with Crippen LogP contribution in [0.15, 0.2) is 0 Å². The van der Waals surface area contributed by atoms with Gasteiger partial charge in [-0.25, -0.2) is 4.79 Å². The van der Waals surface area contributed by atoms with Gasteiger partial charge in [-0.1, -0.05) is 0 Å². The molecule has 0 bridgehead atoms. The third-order valence-corrected chi connectivity index (χ3v) is 3.21. The number of hydrogen-bond donors (Lipinski definition) is 1. The number of piperidine rings is 1. The molecule has 0 amide bonds. The molecule has 0 radical (unpaired) electrons. The second-order valence-corrected chi connectivity index (χ2v) is 6.09. The Labute approximate surface area is 108 Å². The van der Waals surface area contributed by atoms with E-state index in [1.54, 1.807) is 0 Å². The Morgan fingerprint density at radius 3 is 2.61 bits per heavy atom. The highest BCUT2D eigenvalue weighted by Crippen LogP contribution is 2.29. The van der Waals surface area contributed by atoms with Crippen LogP contribution in [0.5, 0.6) is 0 Å². The molecule has 2 heterocycles. The van der Waals surface area contributed by atoms with E-state index in [1.807, 2.05) is 20.8 Å². The number of esters is 1. The molecular weight excluding hydrogens is 234 g/mol. The number of nitrogens with one attached hydrogen (secondary N) is 1. The van der Waals surface area contributed by atoms with Gasteiger partial charge in [0.2, 0.25) is 0 Å². The van der Waals surface area contributed by atoms with Gasteiger partial charge in [0.1, 0.15) is 5.60 Å². The van der Waals surface area contributed by atoms with Crippen LogP contribution < -0.4 is 5.32 Å². The molecule has 0 saturated carbocycles. The molecule has 0 aromatic heterocycles. The second kappa shape index (κ2) is 5.15. The summed E-state index contributed by atoms with van der Waals surface area (Å²) in [5, 5.41) is 3.29. The number of hydrogen-bond acceptors (Lipinski definition) is 5. The SMILES string of the molecule is CC(C)(C)OC(=O)C1COCC2(CCNCC2)O1. The summed E-state index contributed by atoms with van der Waals surface area (Å²) in [6.07, 6.45) is 1.18. The van der Waals surface area contributed by atoms with E-state index >= 15 is 0 Å². The highest BCUT2D eigenvalue weighted by molar-refractivity contribution is 5.75. The first-order valence-electron chi connectivity index (χ1n) is 6.59. The van der Waals surface area contributed by atoms with Crippen molar-refractivity contribution < 1.29 is 19.0 Å². The van der Waals surface area contributed by atoms with Crippen LogP contribution in [0.25, 0.3) is 0 Å². The Morgan fingerprint density at radius 1 is 1.33 bits per heavy atom. The zero-order valence-corrected chi connectivity index (χ0v) is 11.5. The summed E-state index contributed by atoms with van der Waals surface area (Å²) in [4.78, 5) is 12.0. The summed E-state index contributed by atoms with van der Waals surface area (Å²) < 4.78 is 16.9. The molecule has 1 N–H and O–H groups in total. The minimum atomic E-state index is -0.587. The lowest BCUT2D eigenvalue weighted by molar-refractivity contribution is -0.225. The van der Waals surface area contributed by atoms with Gasteiger partial charge in [0, 0.05) is 0 Å². The van der Waals surface area contributed by atoms with Crippen molar-refractivity contribution in [2.45, 2.75) is 50.9 Å². The molecular formula is C13H23NO4. The zero-order valence-electron chi connectivity index (χ0n) is 11.5. The fourth-order valence-corrected chi connectivity index (χ4v) is 2.35. The lowest BCUT2D eigenvalue weighted by Gasteiger charge is -2.43. The first kappa shape index (κ1) is 13.8. The number of carbonyl (C=O) groups is 1. The van der Waals surface area contributed by atoms with Gasteiger partial charge >= 0.3 is 5.97 Å². The molecule has 2 fully saturated rings. The van der Waals surface area contributed by atoms with Crippen LogP contribution in [0.2, 0.25) is 0 Å². The molecule has 1 unspecified atom stereocenters. The molecule has 104 valence electrons. The third-order valence-electron chi connectivity index (χ3n) is 3.21. The van der Waals surface area contributed by atoms with Gasteiger partial charge in [-0.2, -0.15) is 0 Å². The minimum absolute atomic E-state index is 0.296. The zero-order chi connectivity index (χ0) is 13.2. The van der Waals surface area contributed by atoms with Crippen LogP contribution in [-0.4, -0.2) is 49.6 Å². The molecule has 1 spiro atoms. The second-order valence-electron chi connectivity index (χ2n) is 6.09. The largest absolute Gasteiger partial charge is 0.458 e. The molecule has 18 heavy (non-hydrogen) atoms. The fraction of sp³-hybridized carbons (Fsp3) is 0.923. The summed E-state index contributed by atoms with van der Waals surface area (Å²) in [6, 6.07) is 0. The van der Waals surface area contributed by atoms with Gasteiger partial charge in [-0.05, 0) is 46.7 Å². The summed E-state index contributed by atoms with van der Waals surface area (Å²) >= 11 is 0. The number of rotatable bonds is 1. The normalized spacial score (nSPS) is 28.1. The van der Waals surface area contributed by atoms with Gasteiger partial charge in [0.25, 0.3) is 0 Å². The van der Waals surface area contributed by atoms with Gasteiger partial charge in [0.05, 0.1) is 18.8 Å². The predicted octanol–water partition coefficient (Wildman–Crippen LogP) is 0.866. The maximum Gasteiger partial charge on any atom is 0.338 e. The maximum absolute atomic E-state index is 12.0. The van der Waals surface area contributed by atoms with Crippen molar-refractivity contribution in [3.63, 3.8) is 0 Å². The molecule has 2 saturated heterocycles. The van der Waals surface area contributed by atoms with E-state index in [2.05, 4.69) is 5.32 Å². The van der Waals surface area contributed by atoms with Gasteiger partial charge in [-0.3, -0.25) is 0 Å². The van der Waals surface area contributed by atoms with Crippen molar-refractivity contribution in [2.24, 2.45) is 0 Å². The van der Waals surface area contributed by atoms with Crippen molar-refractivity contribution in [1.82, 2.24) is 5.32 Å². The molecule has 1 atom stereocenters. The summed E-state index contributed by atoms with van der Waals surface area (Å²) in [5.74, 6) is -0.319. The summed E-state index contributed by atoms with van der Waals surface area (Å²) in [6.45, 7) is 8.26. The minimum Gasteiger partial charge on any atom is -0.458 e. The van der Waals surface area contributed by atoms with Crippen molar-refractivity contribution in [3.8, 4) is 0 Å². The lowest BCUT2D eigenvalue weighted by Crippen LogP contribution is -2.55. The average Bonchev–Trinajstić information content (AvgIpc) is 2.28. The molecule has 2 rings (SSSR count). The topological polar surface area (TPSA) is 56.8 Å². The number of ether oxygens (including phenoxy) is 3. The molecule has 0 aliphatic carbocycles. The monoisotopic (exact) mass is 257 g/mol. The van der Waals surface area contributed by atoms with E-state index in [1.165, 1.54) is 0 Å². The van der Waals surface area contributed by atoms with E-state index < -0.39 is 11.7 Å². The van der Waals surface area contributed by atoms with Gasteiger partial charge < -0.3 is 19.5 Å². The Morgan fingerprint density at radius 2 is 2.00 bits per heavy atom. The van der Waals surface area contributed by atoms with Crippen LogP contribution in [0, 0.1) is 0 Å². The molecule has 0 aromatic carbocycles. The molecule has 2 aliphatic rings. The van der Waals surface area contributed by atoms with E-state index in [0.29, 0.717) is 13.2 Å². The van der Waals surface area contributed by atoms with Gasteiger partial charge in [-0.15, -0.1) is 0 Å². The van der Waals surface area contributed by atoms with Gasteiger partial charge in [0.15, 0.2) is 6.10 Å². The van der Waals surface area contributed by atoms with E-state index in [9.17, 15) is 4.79 Å². The average molecular weight is 257 g/mol. The van der Waals surface area contributed by atoms with Crippen molar-refractivity contribution >= 4 is 5.97 Å². The summed E-state index contributed by atoms with van der Waals surface area (Å²) in [7, 11) is 0. The Bertz CT molecular complexity index is 299. The first-order chi connectivity index (χ1) is 8.40. The highest BCUT2D eigenvalue weighted by atomic mass is 16.6. The van der Waals surface area contributed by atoms with Crippen LogP contribution in [0.3, 0.4) is 0 Å². The van der Waals surface area contributed by atoms with Crippen molar-refractivity contribution in [1.29, 1.82) is 0 Å². The van der Waals surface area contributed by atoms with Crippen molar-refractivity contribution in [2.75, 3.05) is 26.3 Å². The first-order valence-corrected chi connectivity index (χ1v) is 6.59. The summed E-state index contributed by atoms with van der Waals surface area (Å²) in [5.41, 5.74) is -0.787. The smallest absolute Gasteiger partial charge is 0.338 e. The quantitative estimate of drug-likeness (QED) is 0.706. The Kier molecular flexibility index (Phi) is 3.94. The van der Waals surface area contributed by atoms with Crippen LogP contribution >= 0.6 is 0 Å². The maximum atomic E-state index is 12.0. The van der Waals surface area contributed by atoms with Crippen LogP contribution in [-0.2, 0) is 19.0 Å². The molecule has 0 aromatic rings. The predicted molar refractivity (Wildman–Crippen MR) is 66.4 cm³/mol. The number of carbonyl (C=O) groups excluding carboxylic acids is 1.